The Morgan fingerprint density at radius 1 is 1.40 bits per heavy atom. The van der Waals surface area contributed by atoms with Crippen molar-refractivity contribution < 1.29 is 22.6 Å². The molecule has 0 saturated heterocycles. The summed E-state index contributed by atoms with van der Waals surface area (Å²) < 4.78 is 44.5. The monoisotopic (exact) mass is 219 g/mol. The van der Waals surface area contributed by atoms with Gasteiger partial charge in [-0.3, -0.25) is 0 Å². The zero-order valence-corrected chi connectivity index (χ0v) is 7.54. The second-order valence-corrected chi connectivity index (χ2v) is 3.16. The first-order chi connectivity index (χ1) is 6.96. The van der Waals surface area contributed by atoms with Crippen molar-refractivity contribution in [3.63, 3.8) is 0 Å². The number of rotatable bonds is 1. The number of benzene rings is 1. The van der Waals surface area contributed by atoms with Gasteiger partial charge in [0.15, 0.2) is 0 Å². The quantitative estimate of drug-likeness (QED) is 0.785. The van der Waals surface area contributed by atoms with Gasteiger partial charge >= 0.3 is 6.36 Å². The molecule has 0 fully saturated rings. The molecule has 0 aliphatic carbocycles. The summed E-state index contributed by atoms with van der Waals surface area (Å²) in [7, 11) is 0. The van der Waals surface area contributed by atoms with Crippen molar-refractivity contribution >= 4 is 0 Å². The lowest BCUT2D eigenvalue weighted by atomic mass is 10.1. The van der Waals surface area contributed by atoms with Crippen molar-refractivity contribution in [2.45, 2.75) is 12.4 Å². The number of nitrogens with two attached hydrogens (primary N) is 1. The van der Waals surface area contributed by atoms with Crippen molar-refractivity contribution in [1.82, 2.24) is 0 Å². The zero-order chi connectivity index (χ0) is 11.1. The molecule has 1 aromatic carbocycles. The molecule has 1 heterocycles. The summed E-state index contributed by atoms with van der Waals surface area (Å²) in [6.45, 7) is 0.283. The summed E-state index contributed by atoms with van der Waals surface area (Å²) in [6, 6.07) is 3.62. The summed E-state index contributed by atoms with van der Waals surface area (Å²) in [5.41, 5.74) is 6.33. The highest BCUT2D eigenvalue weighted by Crippen LogP contribution is 2.35. The minimum atomic E-state index is -4.69. The number of ether oxygens (including phenoxy) is 2. The van der Waals surface area contributed by atoms with Gasteiger partial charge in [-0.2, -0.15) is 0 Å². The molecule has 3 nitrogen and oxygen atoms in total. The molecule has 2 rings (SSSR count). The molecule has 0 saturated carbocycles. The molecule has 1 atom stereocenters. The van der Waals surface area contributed by atoms with Crippen LogP contribution < -0.4 is 15.2 Å². The van der Waals surface area contributed by atoms with E-state index in [0.717, 1.165) is 0 Å². The Kier molecular flexibility index (Phi) is 2.22. The lowest BCUT2D eigenvalue weighted by Crippen LogP contribution is -2.17. The molecule has 0 bridgehead atoms. The van der Waals surface area contributed by atoms with Crippen LogP contribution >= 0.6 is 0 Å². The van der Waals surface area contributed by atoms with Gasteiger partial charge in [0.1, 0.15) is 18.1 Å². The van der Waals surface area contributed by atoms with E-state index in [2.05, 4.69) is 4.74 Å². The van der Waals surface area contributed by atoms with Crippen molar-refractivity contribution in [3.05, 3.63) is 23.8 Å². The van der Waals surface area contributed by atoms with Crippen LogP contribution in [0, 0.1) is 0 Å². The van der Waals surface area contributed by atoms with Crippen LogP contribution in [0.3, 0.4) is 0 Å². The third kappa shape index (κ3) is 2.15. The zero-order valence-electron chi connectivity index (χ0n) is 7.54. The van der Waals surface area contributed by atoms with E-state index in [4.69, 9.17) is 10.5 Å². The van der Waals surface area contributed by atoms with E-state index in [-0.39, 0.29) is 18.4 Å². The molecular weight excluding hydrogens is 211 g/mol. The highest BCUT2D eigenvalue weighted by Gasteiger charge is 2.32. The summed E-state index contributed by atoms with van der Waals surface area (Å²) in [6.07, 6.45) is -4.69. The largest absolute Gasteiger partial charge is 0.573 e. The van der Waals surface area contributed by atoms with Crippen LogP contribution in [0.4, 0.5) is 13.2 Å². The number of alkyl halides is 3. The van der Waals surface area contributed by atoms with E-state index >= 15 is 0 Å². The fraction of sp³-hybridized carbons (Fsp3) is 0.333. The molecular formula is C9H8F3NO2. The fourth-order valence-corrected chi connectivity index (χ4v) is 1.41. The summed E-state index contributed by atoms with van der Waals surface area (Å²) in [5, 5.41) is 0. The second-order valence-electron chi connectivity index (χ2n) is 3.16. The van der Waals surface area contributed by atoms with Crippen molar-refractivity contribution in [2.24, 2.45) is 5.73 Å². The molecule has 0 radical (unpaired) electrons. The maximum Gasteiger partial charge on any atom is 0.573 e. The Morgan fingerprint density at radius 3 is 2.80 bits per heavy atom. The van der Waals surface area contributed by atoms with E-state index in [1.165, 1.54) is 18.2 Å². The van der Waals surface area contributed by atoms with Crippen LogP contribution in [-0.2, 0) is 0 Å². The van der Waals surface area contributed by atoms with Crippen LogP contribution in [0.1, 0.15) is 11.6 Å². The summed E-state index contributed by atoms with van der Waals surface area (Å²) >= 11 is 0. The van der Waals surface area contributed by atoms with Crippen molar-refractivity contribution in [2.75, 3.05) is 6.61 Å². The molecule has 1 aliphatic heterocycles. The Morgan fingerprint density at radius 2 is 2.13 bits per heavy atom. The highest BCUT2D eigenvalue weighted by molar-refractivity contribution is 5.44. The van der Waals surface area contributed by atoms with Crippen molar-refractivity contribution in [1.29, 1.82) is 0 Å². The molecule has 1 aromatic rings. The Bertz CT molecular complexity index is 378. The molecule has 0 spiro atoms. The van der Waals surface area contributed by atoms with Gasteiger partial charge in [-0.05, 0) is 12.1 Å². The van der Waals surface area contributed by atoms with Gasteiger partial charge in [-0.25, -0.2) is 0 Å². The van der Waals surface area contributed by atoms with Gasteiger partial charge in [-0.1, -0.05) is 0 Å². The maximum absolute atomic E-state index is 11.9. The minimum Gasteiger partial charge on any atom is -0.491 e. The number of fused-ring (bicyclic) bond motifs is 1. The first-order valence-electron chi connectivity index (χ1n) is 4.24. The van der Waals surface area contributed by atoms with E-state index in [1.807, 2.05) is 0 Å². The Balaban J connectivity index is 2.24. The van der Waals surface area contributed by atoms with E-state index in [1.54, 1.807) is 0 Å². The molecule has 0 aromatic heterocycles. The van der Waals surface area contributed by atoms with Crippen LogP contribution in [0.5, 0.6) is 11.5 Å². The van der Waals surface area contributed by atoms with Crippen LogP contribution in [0.15, 0.2) is 18.2 Å². The Labute approximate surface area is 83.6 Å². The normalized spacial score (nSPS) is 19.6. The highest BCUT2D eigenvalue weighted by atomic mass is 19.4. The average molecular weight is 219 g/mol. The van der Waals surface area contributed by atoms with E-state index < -0.39 is 6.36 Å². The van der Waals surface area contributed by atoms with Crippen molar-refractivity contribution in [3.8, 4) is 11.5 Å². The first-order valence-corrected chi connectivity index (χ1v) is 4.24. The van der Waals surface area contributed by atoms with Gasteiger partial charge < -0.3 is 15.2 Å². The molecule has 82 valence electrons. The van der Waals surface area contributed by atoms with Crippen LogP contribution in [0.2, 0.25) is 0 Å². The minimum absolute atomic E-state index is 0.278. The molecule has 1 unspecified atom stereocenters. The Hall–Kier alpha value is -1.43. The average Bonchev–Trinajstić information content (AvgIpc) is 2.45. The predicted molar refractivity (Wildman–Crippen MR) is 45.5 cm³/mol. The molecule has 1 aliphatic rings. The third-order valence-electron chi connectivity index (χ3n) is 2.04. The third-order valence-corrected chi connectivity index (χ3v) is 2.04. The molecule has 6 heteroatoms. The first kappa shape index (κ1) is 10.1. The van der Waals surface area contributed by atoms with Gasteiger partial charge in [0.2, 0.25) is 0 Å². The predicted octanol–water partition coefficient (Wildman–Crippen LogP) is 1.98. The lowest BCUT2D eigenvalue weighted by Gasteiger charge is -2.09. The molecule has 15 heavy (non-hydrogen) atoms. The summed E-state index contributed by atoms with van der Waals surface area (Å²) in [5.74, 6) is 0.0552. The second kappa shape index (κ2) is 3.30. The lowest BCUT2D eigenvalue weighted by molar-refractivity contribution is -0.274. The molecule has 0 amide bonds. The number of halogens is 3. The number of hydrogen-bond donors (Lipinski definition) is 1. The standard InChI is InChI=1S/C9H8F3NO2/c10-9(11,12)15-5-1-2-6-7(13)4-14-8(6)3-5/h1-3,7H,4,13H2. The van der Waals surface area contributed by atoms with Gasteiger partial charge in [-0.15, -0.1) is 13.2 Å². The van der Waals surface area contributed by atoms with E-state index in [0.29, 0.717) is 11.3 Å². The van der Waals surface area contributed by atoms with Gasteiger partial charge in [0, 0.05) is 11.6 Å². The van der Waals surface area contributed by atoms with Crippen LogP contribution in [-0.4, -0.2) is 13.0 Å². The fourth-order valence-electron chi connectivity index (χ4n) is 1.41. The van der Waals surface area contributed by atoms with Gasteiger partial charge in [0.05, 0.1) is 6.04 Å². The number of hydrogen-bond acceptors (Lipinski definition) is 3. The summed E-state index contributed by atoms with van der Waals surface area (Å²) in [4.78, 5) is 0. The smallest absolute Gasteiger partial charge is 0.491 e. The van der Waals surface area contributed by atoms with Crippen LogP contribution in [0.25, 0.3) is 0 Å². The van der Waals surface area contributed by atoms with Gasteiger partial charge in [0.25, 0.3) is 0 Å². The van der Waals surface area contributed by atoms with E-state index in [9.17, 15) is 13.2 Å². The molecule has 2 N–H and O–H groups in total. The SMILES string of the molecule is NC1COc2cc(OC(F)(F)F)ccc21. The maximum atomic E-state index is 11.9. The topological polar surface area (TPSA) is 44.5 Å².